The second kappa shape index (κ2) is 5.93. The maximum Gasteiger partial charge on any atom is 0.165 e. The fourth-order valence-electron chi connectivity index (χ4n) is 3.76. The summed E-state index contributed by atoms with van der Waals surface area (Å²) in [6.07, 6.45) is 3.80. The summed E-state index contributed by atoms with van der Waals surface area (Å²) >= 11 is 0. The summed E-state index contributed by atoms with van der Waals surface area (Å²) in [6, 6.07) is 6.07. The zero-order chi connectivity index (χ0) is 15.0. The maximum atomic E-state index is 13.8. The number of fused-ring (bicyclic) bond motifs is 1. The molecule has 0 aromatic heterocycles. The third kappa shape index (κ3) is 2.79. The smallest absolute Gasteiger partial charge is 0.165 e. The second-order valence-corrected chi connectivity index (χ2v) is 6.58. The molecule has 3 nitrogen and oxygen atoms in total. The van der Waals surface area contributed by atoms with Crippen LogP contribution in [0.1, 0.15) is 44.7 Å². The van der Waals surface area contributed by atoms with Crippen LogP contribution in [-0.4, -0.2) is 30.1 Å². The largest absolute Gasteiger partial charge is 0.490 e. The van der Waals surface area contributed by atoms with Crippen LogP contribution in [0.5, 0.6) is 5.75 Å². The van der Waals surface area contributed by atoms with Crippen molar-refractivity contribution in [2.75, 3.05) is 13.2 Å². The molecule has 1 saturated heterocycles. The molecule has 0 radical (unpaired) electrons. The number of likely N-dealkylation sites (tertiary alicyclic amines) is 1. The SMILES string of the molecule is CC1CCCC(C)N1CC1COc2c(F)cccc2C1N. The van der Waals surface area contributed by atoms with Gasteiger partial charge in [-0.2, -0.15) is 0 Å². The van der Waals surface area contributed by atoms with Gasteiger partial charge in [0.1, 0.15) is 0 Å². The van der Waals surface area contributed by atoms with E-state index in [4.69, 9.17) is 10.5 Å². The lowest BCUT2D eigenvalue weighted by atomic mass is 9.88. The first kappa shape index (κ1) is 14.8. The van der Waals surface area contributed by atoms with Crippen molar-refractivity contribution in [2.24, 2.45) is 11.7 Å². The molecule has 0 bridgehead atoms. The van der Waals surface area contributed by atoms with Gasteiger partial charge in [-0.15, -0.1) is 0 Å². The number of hydrogen-bond acceptors (Lipinski definition) is 3. The van der Waals surface area contributed by atoms with E-state index >= 15 is 0 Å². The Labute approximate surface area is 126 Å². The normalized spacial score (nSPS) is 33.3. The van der Waals surface area contributed by atoms with Gasteiger partial charge < -0.3 is 10.5 Å². The molecule has 4 unspecified atom stereocenters. The zero-order valence-electron chi connectivity index (χ0n) is 12.9. The van der Waals surface area contributed by atoms with Crippen molar-refractivity contribution in [3.05, 3.63) is 29.6 Å². The van der Waals surface area contributed by atoms with Gasteiger partial charge in [0.05, 0.1) is 6.61 Å². The zero-order valence-corrected chi connectivity index (χ0v) is 12.9. The Balaban J connectivity index is 1.76. The Morgan fingerprint density at radius 3 is 2.71 bits per heavy atom. The number of para-hydroxylation sites is 1. The van der Waals surface area contributed by atoms with Gasteiger partial charge >= 0.3 is 0 Å². The minimum absolute atomic E-state index is 0.147. The Morgan fingerprint density at radius 2 is 2.00 bits per heavy atom. The van der Waals surface area contributed by atoms with Gasteiger partial charge in [0.25, 0.3) is 0 Å². The van der Waals surface area contributed by atoms with Crippen LogP contribution in [0.2, 0.25) is 0 Å². The van der Waals surface area contributed by atoms with Crippen LogP contribution in [0.25, 0.3) is 0 Å². The summed E-state index contributed by atoms with van der Waals surface area (Å²) in [6.45, 7) is 6.02. The van der Waals surface area contributed by atoms with Gasteiger partial charge in [-0.25, -0.2) is 4.39 Å². The summed E-state index contributed by atoms with van der Waals surface area (Å²) < 4.78 is 19.4. The van der Waals surface area contributed by atoms with Gasteiger partial charge in [-0.1, -0.05) is 18.6 Å². The summed E-state index contributed by atoms with van der Waals surface area (Å²) in [5.74, 6) is 0.268. The minimum Gasteiger partial charge on any atom is -0.490 e. The van der Waals surface area contributed by atoms with E-state index in [0.29, 0.717) is 24.4 Å². The third-order valence-corrected chi connectivity index (χ3v) is 5.13. The van der Waals surface area contributed by atoms with E-state index < -0.39 is 0 Å². The van der Waals surface area contributed by atoms with Crippen LogP contribution in [0.3, 0.4) is 0 Å². The fraction of sp³-hybridized carbons (Fsp3) is 0.647. The maximum absolute atomic E-state index is 13.8. The number of nitrogens with zero attached hydrogens (tertiary/aromatic N) is 1. The number of benzene rings is 1. The Hall–Kier alpha value is -1.13. The van der Waals surface area contributed by atoms with Gasteiger partial charge in [0.2, 0.25) is 0 Å². The lowest BCUT2D eigenvalue weighted by molar-refractivity contribution is 0.0568. The van der Waals surface area contributed by atoms with Crippen LogP contribution in [0.4, 0.5) is 4.39 Å². The summed E-state index contributed by atoms with van der Waals surface area (Å²) in [7, 11) is 0. The van der Waals surface area contributed by atoms with Crippen molar-refractivity contribution in [1.82, 2.24) is 4.90 Å². The monoisotopic (exact) mass is 292 g/mol. The minimum atomic E-state index is -0.305. The highest BCUT2D eigenvalue weighted by atomic mass is 19.1. The molecule has 116 valence electrons. The Morgan fingerprint density at radius 1 is 1.29 bits per heavy atom. The van der Waals surface area contributed by atoms with E-state index in [9.17, 15) is 4.39 Å². The number of ether oxygens (including phenoxy) is 1. The van der Waals surface area contributed by atoms with Crippen LogP contribution < -0.4 is 10.5 Å². The summed E-state index contributed by atoms with van der Waals surface area (Å²) in [5, 5.41) is 0. The van der Waals surface area contributed by atoms with Crippen molar-refractivity contribution >= 4 is 0 Å². The number of hydrogen-bond donors (Lipinski definition) is 1. The number of rotatable bonds is 2. The molecule has 0 amide bonds. The molecule has 21 heavy (non-hydrogen) atoms. The first-order valence-corrected chi connectivity index (χ1v) is 8.00. The van der Waals surface area contributed by atoms with Crippen molar-refractivity contribution in [3.63, 3.8) is 0 Å². The molecule has 1 fully saturated rings. The Bertz CT molecular complexity index is 498. The molecule has 2 N–H and O–H groups in total. The molecule has 4 atom stereocenters. The van der Waals surface area contributed by atoms with Crippen molar-refractivity contribution in [3.8, 4) is 5.75 Å². The van der Waals surface area contributed by atoms with E-state index in [1.807, 2.05) is 6.07 Å². The quantitative estimate of drug-likeness (QED) is 0.910. The van der Waals surface area contributed by atoms with Gasteiger partial charge in [-0.3, -0.25) is 4.90 Å². The predicted molar refractivity (Wildman–Crippen MR) is 81.8 cm³/mol. The molecule has 0 aliphatic carbocycles. The standard InChI is InChI=1S/C17H25FN2O/c1-11-5-3-6-12(2)20(11)9-13-10-21-17-14(16(13)19)7-4-8-15(17)18/h4,7-8,11-13,16H,3,5-6,9-10,19H2,1-2H3. The summed E-state index contributed by atoms with van der Waals surface area (Å²) in [4.78, 5) is 2.54. The van der Waals surface area contributed by atoms with E-state index in [1.54, 1.807) is 6.07 Å². The van der Waals surface area contributed by atoms with Gasteiger partial charge in [-0.05, 0) is 32.8 Å². The molecule has 2 aliphatic heterocycles. The number of nitrogens with two attached hydrogens (primary N) is 1. The van der Waals surface area contributed by atoms with E-state index in [2.05, 4.69) is 18.7 Å². The van der Waals surface area contributed by atoms with Crippen molar-refractivity contribution < 1.29 is 9.13 Å². The van der Waals surface area contributed by atoms with Crippen LogP contribution in [0.15, 0.2) is 18.2 Å². The molecule has 2 aliphatic rings. The molecule has 4 heteroatoms. The topological polar surface area (TPSA) is 38.5 Å². The molecule has 0 spiro atoms. The first-order valence-electron chi connectivity index (χ1n) is 8.00. The first-order chi connectivity index (χ1) is 10.1. The van der Waals surface area contributed by atoms with Crippen molar-refractivity contribution in [2.45, 2.75) is 51.2 Å². The van der Waals surface area contributed by atoms with Gasteiger partial charge in [0, 0.05) is 36.2 Å². The number of halogens is 1. The highest BCUT2D eigenvalue weighted by molar-refractivity contribution is 5.39. The molecular formula is C17H25FN2O. The molecule has 0 saturated carbocycles. The van der Waals surface area contributed by atoms with E-state index in [0.717, 1.165) is 12.1 Å². The second-order valence-electron chi connectivity index (χ2n) is 6.58. The fourth-order valence-corrected chi connectivity index (χ4v) is 3.76. The molecule has 1 aromatic rings. The summed E-state index contributed by atoms with van der Waals surface area (Å²) in [5.41, 5.74) is 7.20. The van der Waals surface area contributed by atoms with Crippen molar-refractivity contribution in [1.29, 1.82) is 0 Å². The molecule has 2 heterocycles. The highest BCUT2D eigenvalue weighted by Crippen LogP contribution is 2.37. The van der Waals surface area contributed by atoms with E-state index in [1.165, 1.54) is 25.3 Å². The third-order valence-electron chi connectivity index (χ3n) is 5.13. The number of piperidine rings is 1. The Kier molecular flexibility index (Phi) is 4.18. The van der Waals surface area contributed by atoms with Crippen LogP contribution in [0, 0.1) is 11.7 Å². The predicted octanol–water partition coefficient (Wildman–Crippen LogP) is 3.10. The van der Waals surface area contributed by atoms with E-state index in [-0.39, 0.29) is 17.8 Å². The average Bonchev–Trinajstić information content (AvgIpc) is 2.46. The lowest BCUT2D eigenvalue weighted by Crippen LogP contribution is -2.49. The van der Waals surface area contributed by atoms with Crippen LogP contribution >= 0.6 is 0 Å². The molecular weight excluding hydrogens is 267 g/mol. The average molecular weight is 292 g/mol. The molecule has 3 rings (SSSR count). The lowest BCUT2D eigenvalue weighted by Gasteiger charge is -2.43. The van der Waals surface area contributed by atoms with Gasteiger partial charge in [0.15, 0.2) is 11.6 Å². The molecule has 1 aromatic carbocycles. The highest BCUT2D eigenvalue weighted by Gasteiger charge is 2.34. The van der Waals surface area contributed by atoms with Crippen LogP contribution in [-0.2, 0) is 0 Å².